The summed E-state index contributed by atoms with van der Waals surface area (Å²) >= 11 is 1.57. The molecule has 1 aliphatic rings. The molecular formula is C21H22N2O3S. The maximum absolute atomic E-state index is 13.0. The molecule has 2 aromatic rings. The highest BCUT2D eigenvalue weighted by molar-refractivity contribution is 7.98. The van der Waals surface area contributed by atoms with Crippen LogP contribution in [0.4, 0.5) is 5.69 Å². The Morgan fingerprint density at radius 1 is 1.04 bits per heavy atom. The third kappa shape index (κ3) is 3.90. The number of hydrogen-bond donors (Lipinski definition) is 1. The predicted molar refractivity (Wildman–Crippen MR) is 108 cm³/mol. The van der Waals surface area contributed by atoms with E-state index in [1.54, 1.807) is 36.0 Å². The molecule has 1 N–H and O–H groups in total. The van der Waals surface area contributed by atoms with Gasteiger partial charge in [0.25, 0.3) is 11.8 Å². The van der Waals surface area contributed by atoms with E-state index < -0.39 is 17.9 Å². The van der Waals surface area contributed by atoms with E-state index in [1.165, 1.54) is 0 Å². The van der Waals surface area contributed by atoms with Crippen molar-refractivity contribution in [2.24, 2.45) is 0 Å². The Balaban J connectivity index is 1.89. The van der Waals surface area contributed by atoms with Crippen LogP contribution in [0.1, 0.15) is 38.3 Å². The van der Waals surface area contributed by atoms with Gasteiger partial charge < -0.3 is 5.32 Å². The number of benzene rings is 2. The smallest absolute Gasteiger partial charge is 0.262 e. The minimum atomic E-state index is -0.842. The highest BCUT2D eigenvalue weighted by atomic mass is 32.2. The van der Waals surface area contributed by atoms with Crippen molar-refractivity contribution in [1.82, 2.24) is 4.90 Å². The Morgan fingerprint density at radius 3 is 2.11 bits per heavy atom. The van der Waals surface area contributed by atoms with E-state index in [0.717, 1.165) is 16.0 Å². The summed E-state index contributed by atoms with van der Waals surface area (Å²) < 4.78 is 0. The summed E-state index contributed by atoms with van der Waals surface area (Å²) in [5, 5.41) is 2.88. The highest BCUT2D eigenvalue weighted by Crippen LogP contribution is 2.27. The lowest BCUT2D eigenvalue weighted by Gasteiger charge is -2.25. The SMILES string of the molecule is CSCC[C@@H](C(=O)Nc1cc(C)cc(C)c1)N1C(=O)c2ccccc2C1=O. The standard InChI is InChI=1S/C21H22N2O3S/c1-13-10-14(2)12-15(11-13)22-19(24)18(8-9-27-3)23-20(25)16-6-4-5-7-17(16)21(23)26/h4-7,10-12,18H,8-9H2,1-3H3,(H,22,24)/t18-/m0/s1. The van der Waals surface area contributed by atoms with Crippen LogP contribution in [0.5, 0.6) is 0 Å². The van der Waals surface area contributed by atoms with Gasteiger partial charge in [0, 0.05) is 5.69 Å². The normalized spacial score (nSPS) is 14.3. The summed E-state index contributed by atoms with van der Waals surface area (Å²) in [6.07, 6.45) is 2.34. The fourth-order valence-electron chi connectivity index (χ4n) is 3.37. The van der Waals surface area contributed by atoms with E-state index >= 15 is 0 Å². The van der Waals surface area contributed by atoms with Crippen LogP contribution < -0.4 is 5.32 Å². The van der Waals surface area contributed by atoms with Crippen molar-refractivity contribution in [3.8, 4) is 0 Å². The lowest BCUT2D eigenvalue weighted by Crippen LogP contribution is -2.47. The second-order valence-electron chi connectivity index (χ2n) is 6.69. The van der Waals surface area contributed by atoms with Crippen molar-refractivity contribution in [2.75, 3.05) is 17.3 Å². The summed E-state index contributed by atoms with van der Waals surface area (Å²) in [6.45, 7) is 3.91. The molecule has 0 aliphatic carbocycles. The molecule has 0 saturated heterocycles. The van der Waals surface area contributed by atoms with E-state index in [1.807, 2.05) is 38.3 Å². The highest BCUT2D eigenvalue weighted by Gasteiger charge is 2.42. The fourth-order valence-corrected chi connectivity index (χ4v) is 3.83. The molecule has 0 spiro atoms. The number of aryl methyl sites for hydroxylation is 2. The molecule has 0 radical (unpaired) electrons. The van der Waals surface area contributed by atoms with E-state index in [4.69, 9.17) is 0 Å². The predicted octanol–water partition coefficient (Wildman–Crippen LogP) is 3.66. The van der Waals surface area contributed by atoms with Crippen molar-refractivity contribution in [2.45, 2.75) is 26.3 Å². The van der Waals surface area contributed by atoms with Gasteiger partial charge in [0.2, 0.25) is 5.91 Å². The second kappa shape index (κ2) is 7.96. The van der Waals surface area contributed by atoms with Crippen LogP contribution in [0.25, 0.3) is 0 Å². The van der Waals surface area contributed by atoms with Crippen molar-refractivity contribution in [1.29, 1.82) is 0 Å². The molecule has 6 heteroatoms. The van der Waals surface area contributed by atoms with Gasteiger partial charge in [-0.3, -0.25) is 19.3 Å². The molecule has 3 rings (SSSR count). The molecule has 1 aliphatic heterocycles. The van der Waals surface area contributed by atoms with Crippen LogP contribution in [0, 0.1) is 13.8 Å². The van der Waals surface area contributed by atoms with Gasteiger partial charge in [-0.25, -0.2) is 0 Å². The van der Waals surface area contributed by atoms with Gasteiger partial charge in [-0.15, -0.1) is 0 Å². The molecule has 0 fully saturated rings. The van der Waals surface area contributed by atoms with Crippen LogP contribution in [0.15, 0.2) is 42.5 Å². The molecule has 27 heavy (non-hydrogen) atoms. The maximum Gasteiger partial charge on any atom is 0.262 e. The van der Waals surface area contributed by atoms with Crippen LogP contribution in [0.3, 0.4) is 0 Å². The van der Waals surface area contributed by atoms with Gasteiger partial charge in [-0.1, -0.05) is 18.2 Å². The number of hydrogen-bond acceptors (Lipinski definition) is 4. The Hall–Kier alpha value is -2.60. The summed E-state index contributed by atoms with van der Waals surface area (Å²) in [5.41, 5.74) is 3.45. The first-order valence-electron chi connectivity index (χ1n) is 8.77. The number of nitrogens with one attached hydrogen (secondary N) is 1. The topological polar surface area (TPSA) is 66.5 Å². The van der Waals surface area contributed by atoms with Crippen molar-refractivity contribution in [3.05, 3.63) is 64.7 Å². The zero-order chi connectivity index (χ0) is 19.6. The lowest BCUT2D eigenvalue weighted by molar-refractivity contribution is -0.120. The molecule has 2 aromatic carbocycles. The van der Waals surface area contributed by atoms with Crippen molar-refractivity contribution in [3.63, 3.8) is 0 Å². The molecule has 0 unspecified atom stereocenters. The Labute approximate surface area is 163 Å². The van der Waals surface area contributed by atoms with Gasteiger partial charge in [0.1, 0.15) is 6.04 Å². The average molecular weight is 382 g/mol. The number of fused-ring (bicyclic) bond motifs is 1. The van der Waals surface area contributed by atoms with E-state index in [-0.39, 0.29) is 5.91 Å². The number of thioether (sulfide) groups is 1. The lowest BCUT2D eigenvalue weighted by atomic mass is 10.1. The first kappa shape index (κ1) is 19.2. The van der Waals surface area contributed by atoms with Crippen molar-refractivity contribution >= 4 is 35.2 Å². The minimum absolute atomic E-state index is 0.344. The number of carbonyl (C=O) groups is 3. The third-order valence-electron chi connectivity index (χ3n) is 4.52. The Morgan fingerprint density at radius 2 is 1.59 bits per heavy atom. The average Bonchev–Trinajstić information content (AvgIpc) is 2.87. The maximum atomic E-state index is 13.0. The van der Waals surface area contributed by atoms with Gasteiger partial charge in [-0.05, 0) is 67.7 Å². The Bertz CT molecular complexity index is 855. The first-order chi connectivity index (χ1) is 12.9. The summed E-state index contributed by atoms with van der Waals surface area (Å²) in [6, 6.07) is 11.6. The molecule has 5 nitrogen and oxygen atoms in total. The zero-order valence-corrected chi connectivity index (χ0v) is 16.4. The quantitative estimate of drug-likeness (QED) is 0.775. The summed E-state index contributed by atoms with van der Waals surface area (Å²) in [7, 11) is 0. The number of anilines is 1. The van der Waals surface area contributed by atoms with Gasteiger partial charge >= 0.3 is 0 Å². The van der Waals surface area contributed by atoms with Gasteiger partial charge in [0.15, 0.2) is 0 Å². The van der Waals surface area contributed by atoms with E-state index in [9.17, 15) is 14.4 Å². The van der Waals surface area contributed by atoms with Crippen LogP contribution in [-0.2, 0) is 4.79 Å². The molecule has 3 amide bonds. The molecule has 1 atom stereocenters. The molecule has 1 heterocycles. The largest absolute Gasteiger partial charge is 0.324 e. The van der Waals surface area contributed by atoms with E-state index in [0.29, 0.717) is 29.0 Å². The number of nitrogens with zero attached hydrogens (tertiary/aromatic N) is 1. The molecule has 0 aromatic heterocycles. The van der Waals surface area contributed by atoms with Crippen LogP contribution in [-0.4, -0.2) is 40.7 Å². The summed E-state index contributed by atoms with van der Waals surface area (Å²) in [5.74, 6) is -0.490. The van der Waals surface area contributed by atoms with Crippen LogP contribution in [0.2, 0.25) is 0 Å². The second-order valence-corrected chi connectivity index (χ2v) is 7.67. The van der Waals surface area contributed by atoms with E-state index in [2.05, 4.69) is 5.32 Å². The molecule has 140 valence electrons. The summed E-state index contributed by atoms with van der Waals surface area (Å²) in [4.78, 5) is 39.7. The van der Waals surface area contributed by atoms with Gasteiger partial charge in [0.05, 0.1) is 11.1 Å². The number of carbonyl (C=O) groups excluding carboxylic acids is 3. The monoisotopic (exact) mass is 382 g/mol. The minimum Gasteiger partial charge on any atom is -0.324 e. The first-order valence-corrected chi connectivity index (χ1v) is 10.2. The fraction of sp³-hybridized carbons (Fsp3) is 0.286. The third-order valence-corrected chi connectivity index (χ3v) is 5.17. The molecule has 0 saturated carbocycles. The number of amides is 3. The molecule has 0 bridgehead atoms. The van der Waals surface area contributed by atoms with Crippen LogP contribution >= 0.6 is 11.8 Å². The van der Waals surface area contributed by atoms with Gasteiger partial charge in [-0.2, -0.15) is 11.8 Å². The number of imide groups is 1. The zero-order valence-electron chi connectivity index (χ0n) is 15.6. The Kier molecular flexibility index (Phi) is 5.65. The van der Waals surface area contributed by atoms with Crippen molar-refractivity contribution < 1.29 is 14.4 Å². The number of rotatable bonds is 6. The molecular weight excluding hydrogens is 360 g/mol.